The Labute approximate surface area is 140 Å². The van der Waals surface area contributed by atoms with Gasteiger partial charge in [-0.2, -0.15) is 0 Å². The highest BCUT2D eigenvalue weighted by Gasteiger charge is 2.53. The van der Waals surface area contributed by atoms with Gasteiger partial charge in [-0.25, -0.2) is 0 Å². The maximum atomic E-state index is 12.2. The summed E-state index contributed by atoms with van der Waals surface area (Å²) < 4.78 is 0. The zero-order chi connectivity index (χ0) is 16.6. The van der Waals surface area contributed by atoms with Crippen LogP contribution in [0.4, 0.5) is 0 Å². The van der Waals surface area contributed by atoms with E-state index in [9.17, 15) is 9.59 Å². The van der Waals surface area contributed by atoms with Crippen LogP contribution >= 0.6 is 0 Å². The molecule has 4 bridgehead atoms. The summed E-state index contributed by atoms with van der Waals surface area (Å²) >= 11 is 0. The molecule has 0 spiro atoms. The van der Waals surface area contributed by atoms with Gasteiger partial charge in [0.1, 0.15) is 0 Å². The van der Waals surface area contributed by atoms with Gasteiger partial charge >= 0.3 is 11.8 Å². The molecule has 2 N–H and O–H groups in total. The van der Waals surface area contributed by atoms with Crippen molar-refractivity contribution in [3.63, 3.8) is 0 Å². The Morgan fingerprint density at radius 1 is 0.957 bits per heavy atom. The second-order valence-corrected chi connectivity index (χ2v) is 8.91. The molecule has 130 valence electrons. The van der Waals surface area contributed by atoms with Crippen molar-refractivity contribution in [2.75, 3.05) is 6.54 Å². The molecule has 4 saturated carbocycles. The van der Waals surface area contributed by atoms with E-state index in [4.69, 9.17) is 0 Å². The van der Waals surface area contributed by atoms with E-state index in [0.717, 1.165) is 24.2 Å². The Hall–Kier alpha value is -1.06. The Bertz CT molecular complexity index is 437. The van der Waals surface area contributed by atoms with Crippen molar-refractivity contribution < 1.29 is 9.59 Å². The van der Waals surface area contributed by atoms with Crippen molar-refractivity contribution in [3.8, 4) is 0 Å². The fraction of sp³-hybridized carbons (Fsp3) is 0.895. The lowest BCUT2D eigenvalue weighted by Gasteiger charge is -2.59. The van der Waals surface area contributed by atoms with E-state index in [1.165, 1.54) is 38.5 Å². The Morgan fingerprint density at radius 2 is 1.48 bits per heavy atom. The van der Waals surface area contributed by atoms with E-state index >= 15 is 0 Å². The molecule has 4 aliphatic rings. The second kappa shape index (κ2) is 6.45. The fourth-order valence-corrected chi connectivity index (χ4v) is 5.68. The fourth-order valence-electron chi connectivity index (χ4n) is 5.68. The van der Waals surface area contributed by atoms with Gasteiger partial charge in [0.05, 0.1) is 0 Å². The molecule has 0 aromatic carbocycles. The summed E-state index contributed by atoms with van der Waals surface area (Å²) in [4.78, 5) is 24.2. The number of rotatable bonds is 5. The van der Waals surface area contributed by atoms with Gasteiger partial charge in [-0.1, -0.05) is 13.8 Å². The van der Waals surface area contributed by atoms with Crippen molar-refractivity contribution in [3.05, 3.63) is 0 Å². The van der Waals surface area contributed by atoms with Gasteiger partial charge in [0.25, 0.3) is 0 Å². The Balaban J connectivity index is 1.53. The summed E-state index contributed by atoms with van der Waals surface area (Å²) in [5, 5.41) is 5.77. The molecular formula is C19H32N2O2. The Morgan fingerprint density at radius 3 is 1.96 bits per heavy atom. The summed E-state index contributed by atoms with van der Waals surface area (Å²) in [5.41, 5.74) is 0.253. The van der Waals surface area contributed by atoms with Gasteiger partial charge < -0.3 is 10.6 Å². The summed E-state index contributed by atoms with van der Waals surface area (Å²) in [6, 6.07) is 0.110. The molecule has 4 rings (SSSR count). The first kappa shape index (κ1) is 16.8. The minimum absolute atomic E-state index is 0.110. The standard InChI is InChI=1S/C19H32N2O2/c1-12(2)4-5-20-17(22)18(23)21-13(3)19-9-14-6-15(10-19)8-16(7-14)11-19/h12-16H,4-11H2,1-3H3,(H,20,22)(H,21,23). The predicted octanol–water partition coefficient (Wildman–Crippen LogP) is 2.87. The van der Waals surface area contributed by atoms with E-state index in [1.54, 1.807) is 0 Å². The van der Waals surface area contributed by atoms with Crippen molar-refractivity contribution in [1.82, 2.24) is 10.6 Å². The molecule has 4 heteroatoms. The molecule has 0 aliphatic heterocycles. The summed E-state index contributed by atoms with van der Waals surface area (Å²) in [5.74, 6) is 2.20. The number of carbonyl (C=O) groups excluding carboxylic acids is 2. The molecule has 0 aromatic rings. The first-order valence-electron chi connectivity index (χ1n) is 9.46. The quantitative estimate of drug-likeness (QED) is 0.765. The van der Waals surface area contributed by atoms with Gasteiger partial charge in [0.15, 0.2) is 0 Å². The third-order valence-corrected chi connectivity index (χ3v) is 6.57. The monoisotopic (exact) mass is 320 g/mol. The zero-order valence-electron chi connectivity index (χ0n) is 14.9. The van der Waals surface area contributed by atoms with E-state index in [-0.39, 0.29) is 11.5 Å². The second-order valence-electron chi connectivity index (χ2n) is 8.91. The molecule has 0 saturated heterocycles. The number of amides is 2. The van der Waals surface area contributed by atoms with Crippen LogP contribution in [0.1, 0.15) is 65.7 Å². The first-order valence-corrected chi connectivity index (χ1v) is 9.46. The number of nitrogens with one attached hydrogen (secondary N) is 2. The van der Waals surface area contributed by atoms with Gasteiger partial charge in [0.2, 0.25) is 0 Å². The maximum Gasteiger partial charge on any atom is 0.309 e. The van der Waals surface area contributed by atoms with Crippen LogP contribution < -0.4 is 10.6 Å². The molecular weight excluding hydrogens is 288 g/mol. The lowest BCUT2D eigenvalue weighted by atomic mass is 9.48. The third kappa shape index (κ3) is 3.56. The van der Waals surface area contributed by atoms with Crippen LogP contribution in [0.3, 0.4) is 0 Å². The average molecular weight is 320 g/mol. The van der Waals surface area contributed by atoms with Crippen LogP contribution in [0.15, 0.2) is 0 Å². The van der Waals surface area contributed by atoms with Crippen LogP contribution in [-0.2, 0) is 9.59 Å². The van der Waals surface area contributed by atoms with E-state index in [0.29, 0.717) is 12.5 Å². The van der Waals surface area contributed by atoms with E-state index in [2.05, 4.69) is 31.4 Å². The molecule has 1 atom stereocenters. The van der Waals surface area contributed by atoms with Gasteiger partial charge in [-0.15, -0.1) is 0 Å². The zero-order valence-corrected chi connectivity index (χ0v) is 14.9. The van der Waals surface area contributed by atoms with Crippen LogP contribution in [0, 0.1) is 29.1 Å². The van der Waals surface area contributed by atoms with Crippen molar-refractivity contribution in [1.29, 1.82) is 0 Å². The van der Waals surface area contributed by atoms with E-state index in [1.807, 2.05) is 0 Å². The van der Waals surface area contributed by atoms with Crippen molar-refractivity contribution in [2.24, 2.45) is 29.1 Å². The minimum Gasteiger partial charge on any atom is -0.348 e. The van der Waals surface area contributed by atoms with Gasteiger partial charge in [0, 0.05) is 12.6 Å². The largest absolute Gasteiger partial charge is 0.348 e. The van der Waals surface area contributed by atoms with Crippen LogP contribution in [0.5, 0.6) is 0 Å². The maximum absolute atomic E-state index is 12.2. The normalized spacial score (nSPS) is 36.1. The molecule has 2 amide bonds. The Kier molecular flexibility index (Phi) is 4.70. The highest BCUT2D eigenvalue weighted by atomic mass is 16.2. The summed E-state index contributed by atoms with van der Waals surface area (Å²) in [6.45, 7) is 6.92. The first-order chi connectivity index (χ1) is 10.9. The highest BCUT2D eigenvalue weighted by Crippen LogP contribution is 2.61. The highest BCUT2D eigenvalue weighted by molar-refractivity contribution is 6.35. The summed E-state index contributed by atoms with van der Waals surface area (Å²) in [6.07, 6.45) is 8.84. The predicted molar refractivity (Wildman–Crippen MR) is 90.7 cm³/mol. The topological polar surface area (TPSA) is 58.2 Å². The van der Waals surface area contributed by atoms with E-state index < -0.39 is 11.8 Å². The lowest BCUT2D eigenvalue weighted by molar-refractivity contribution is -0.141. The average Bonchev–Trinajstić information content (AvgIpc) is 2.45. The number of hydrogen-bond donors (Lipinski definition) is 2. The van der Waals surface area contributed by atoms with Crippen molar-refractivity contribution >= 4 is 11.8 Å². The van der Waals surface area contributed by atoms with Crippen molar-refractivity contribution in [2.45, 2.75) is 71.8 Å². The SMILES string of the molecule is CC(C)CCNC(=O)C(=O)NC(C)C12CC3CC(CC(C3)C1)C2. The number of carbonyl (C=O) groups is 2. The molecule has 4 nitrogen and oxygen atoms in total. The molecule has 0 heterocycles. The molecule has 1 unspecified atom stereocenters. The minimum atomic E-state index is -0.470. The molecule has 0 radical (unpaired) electrons. The molecule has 0 aromatic heterocycles. The van der Waals surface area contributed by atoms with Crippen LogP contribution in [0.25, 0.3) is 0 Å². The number of hydrogen-bond acceptors (Lipinski definition) is 2. The summed E-state index contributed by atoms with van der Waals surface area (Å²) in [7, 11) is 0. The molecule has 4 fully saturated rings. The lowest BCUT2D eigenvalue weighted by Crippen LogP contribution is -2.57. The molecule has 4 aliphatic carbocycles. The third-order valence-electron chi connectivity index (χ3n) is 6.57. The smallest absolute Gasteiger partial charge is 0.309 e. The van der Waals surface area contributed by atoms with Gasteiger partial charge in [-0.05, 0) is 81.0 Å². The van der Waals surface area contributed by atoms with Gasteiger partial charge in [-0.3, -0.25) is 9.59 Å². The van der Waals surface area contributed by atoms with Crippen LogP contribution in [0.2, 0.25) is 0 Å². The van der Waals surface area contributed by atoms with Crippen LogP contribution in [-0.4, -0.2) is 24.4 Å². The molecule has 23 heavy (non-hydrogen) atoms.